The summed E-state index contributed by atoms with van der Waals surface area (Å²) in [5, 5.41) is 11.9. The molecule has 0 saturated carbocycles. The Balaban J connectivity index is 1.41. The van der Waals surface area contributed by atoms with Crippen molar-refractivity contribution in [2.45, 2.75) is 20.5 Å². The summed E-state index contributed by atoms with van der Waals surface area (Å²) in [7, 11) is 1.86. The van der Waals surface area contributed by atoms with Crippen LogP contribution in [0.3, 0.4) is 0 Å². The van der Waals surface area contributed by atoms with Crippen molar-refractivity contribution < 1.29 is 9.53 Å². The molecule has 0 saturated heterocycles. The highest BCUT2D eigenvalue weighted by Crippen LogP contribution is 2.24. The normalized spacial score (nSPS) is 11.0. The number of benzene rings is 1. The first kappa shape index (κ1) is 19.4. The molecule has 0 atom stereocenters. The summed E-state index contributed by atoms with van der Waals surface area (Å²) in [6.07, 6.45) is 3.65. The Kier molecular flexibility index (Phi) is 5.21. The van der Waals surface area contributed by atoms with Crippen LogP contribution >= 0.6 is 22.9 Å². The molecular weight excluding hydrogens is 410 g/mol. The lowest BCUT2D eigenvalue weighted by Gasteiger charge is -2.06. The van der Waals surface area contributed by atoms with Crippen LogP contribution in [-0.4, -0.2) is 30.5 Å². The molecule has 4 aromatic rings. The molecule has 0 radical (unpaired) electrons. The molecule has 148 valence electrons. The van der Waals surface area contributed by atoms with Crippen molar-refractivity contribution in [2.24, 2.45) is 7.05 Å². The average Bonchev–Trinajstić information content (AvgIpc) is 3.43. The van der Waals surface area contributed by atoms with Crippen LogP contribution in [0.4, 0.5) is 0 Å². The molecule has 0 bridgehead atoms. The summed E-state index contributed by atoms with van der Waals surface area (Å²) in [6, 6.07) is 7.06. The minimum Gasteiger partial charge on any atom is -0.456 e. The van der Waals surface area contributed by atoms with E-state index in [-0.39, 0.29) is 6.61 Å². The van der Waals surface area contributed by atoms with Crippen LogP contribution in [0, 0.1) is 13.8 Å². The monoisotopic (exact) mass is 427 g/mol. The number of ether oxygens (including phenoxy) is 1. The SMILES string of the molecule is Cc1nn(-c2ccc(C(=O)OCc3csc(-c4cnn(C)c4)n3)cc2)c(C)c1Cl. The number of hydrogen-bond donors (Lipinski definition) is 0. The number of aryl methyl sites for hydroxylation is 2. The van der Waals surface area contributed by atoms with Gasteiger partial charge in [-0.25, -0.2) is 14.5 Å². The summed E-state index contributed by atoms with van der Waals surface area (Å²) in [5.41, 5.74) is 4.55. The zero-order valence-electron chi connectivity index (χ0n) is 16.1. The van der Waals surface area contributed by atoms with Crippen molar-refractivity contribution in [1.82, 2.24) is 24.5 Å². The van der Waals surface area contributed by atoms with Gasteiger partial charge in [0.15, 0.2) is 0 Å². The van der Waals surface area contributed by atoms with Gasteiger partial charge in [0.25, 0.3) is 0 Å². The van der Waals surface area contributed by atoms with E-state index in [1.807, 2.05) is 44.6 Å². The highest BCUT2D eigenvalue weighted by molar-refractivity contribution is 7.13. The topological polar surface area (TPSA) is 74.8 Å². The van der Waals surface area contributed by atoms with Crippen LogP contribution in [0.2, 0.25) is 5.02 Å². The van der Waals surface area contributed by atoms with Gasteiger partial charge in [0.05, 0.1) is 39.6 Å². The van der Waals surface area contributed by atoms with Crippen LogP contribution in [-0.2, 0) is 18.4 Å². The standard InChI is InChI=1S/C20H18ClN5O2S/c1-12-18(21)13(2)26(24-12)17-6-4-14(5-7-17)20(27)28-10-16-11-29-19(23-16)15-8-22-25(3)9-15/h4-9,11H,10H2,1-3H3. The lowest BCUT2D eigenvalue weighted by atomic mass is 10.2. The third-order valence-corrected chi connectivity index (χ3v) is 5.89. The van der Waals surface area contributed by atoms with Gasteiger partial charge < -0.3 is 4.74 Å². The van der Waals surface area contributed by atoms with Gasteiger partial charge in [0, 0.05) is 24.2 Å². The maximum absolute atomic E-state index is 12.4. The summed E-state index contributed by atoms with van der Waals surface area (Å²) in [6.45, 7) is 3.87. The van der Waals surface area contributed by atoms with Gasteiger partial charge >= 0.3 is 5.97 Å². The zero-order chi connectivity index (χ0) is 20.5. The number of carbonyl (C=O) groups excluding carboxylic acids is 1. The number of hydrogen-bond acceptors (Lipinski definition) is 6. The van der Waals surface area contributed by atoms with Gasteiger partial charge in [-0.3, -0.25) is 4.68 Å². The number of esters is 1. The van der Waals surface area contributed by atoms with E-state index in [9.17, 15) is 4.79 Å². The number of carbonyl (C=O) groups is 1. The fourth-order valence-corrected chi connectivity index (χ4v) is 3.77. The van der Waals surface area contributed by atoms with Crippen molar-refractivity contribution in [3.8, 4) is 16.3 Å². The second kappa shape index (κ2) is 7.81. The molecule has 3 heterocycles. The van der Waals surface area contributed by atoms with E-state index < -0.39 is 5.97 Å². The summed E-state index contributed by atoms with van der Waals surface area (Å²) >= 11 is 7.70. The van der Waals surface area contributed by atoms with Gasteiger partial charge in [-0.05, 0) is 38.1 Å². The average molecular weight is 428 g/mol. The smallest absolute Gasteiger partial charge is 0.338 e. The molecule has 0 aliphatic carbocycles. The van der Waals surface area contributed by atoms with Gasteiger partial charge in [-0.2, -0.15) is 10.2 Å². The van der Waals surface area contributed by atoms with E-state index in [0.717, 1.165) is 27.6 Å². The lowest BCUT2D eigenvalue weighted by molar-refractivity contribution is 0.0468. The Morgan fingerprint density at radius 1 is 1.24 bits per heavy atom. The molecule has 0 amide bonds. The molecule has 4 rings (SSSR count). The third kappa shape index (κ3) is 3.94. The highest BCUT2D eigenvalue weighted by atomic mass is 35.5. The van der Waals surface area contributed by atoms with Crippen molar-refractivity contribution in [3.63, 3.8) is 0 Å². The Morgan fingerprint density at radius 2 is 2.00 bits per heavy atom. The molecule has 0 aliphatic heterocycles. The van der Waals surface area contributed by atoms with Crippen LogP contribution in [0.5, 0.6) is 0 Å². The molecule has 0 fully saturated rings. The van der Waals surface area contributed by atoms with Crippen molar-refractivity contribution in [2.75, 3.05) is 0 Å². The van der Waals surface area contributed by atoms with E-state index in [0.29, 0.717) is 16.3 Å². The van der Waals surface area contributed by atoms with Crippen LogP contribution in [0.15, 0.2) is 42.0 Å². The van der Waals surface area contributed by atoms with E-state index >= 15 is 0 Å². The molecule has 3 aromatic heterocycles. The quantitative estimate of drug-likeness (QED) is 0.442. The first-order chi connectivity index (χ1) is 13.9. The second-order valence-electron chi connectivity index (χ2n) is 6.57. The molecule has 9 heteroatoms. The predicted molar refractivity (Wildman–Crippen MR) is 111 cm³/mol. The summed E-state index contributed by atoms with van der Waals surface area (Å²) in [4.78, 5) is 16.9. The Labute approximate surface area is 176 Å². The van der Waals surface area contributed by atoms with Crippen molar-refractivity contribution in [1.29, 1.82) is 0 Å². The maximum atomic E-state index is 12.4. The van der Waals surface area contributed by atoms with Gasteiger partial charge in [0.2, 0.25) is 0 Å². The fourth-order valence-electron chi connectivity index (χ4n) is 2.87. The van der Waals surface area contributed by atoms with E-state index in [1.54, 1.807) is 27.7 Å². The molecule has 1 aromatic carbocycles. The van der Waals surface area contributed by atoms with Gasteiger partial charge in [-0.15, -0.1) is 11.3 Å². The number of halogens is 1. The second-order valence-corrected chi connectivity index (χ2v) is 7.80. The van der Waals surface area contributed by atoms with Crippen LogP contribution < -0.4 is 0 Å². The highest BCUT2D eigenvalue weighted by Gasteiger charge is 2.13. The first-order valence-corrected chi connectivity index (χ1v) is 10.1. The lowest BCUT2D eigenvalue weighted by Crippen LogP contribution is -2.06. The molecule has 7 nitrogen and oxygen atoms in total. The first-order valence-electron chi connectivity index (χ1n) is 8.85. The van der Waals surface area contributed by atoms with E-state index in [1.165, 1.54) is 11.3 Å². The molecule has 0 aliphatic rings. The van der Waals surface area contributed by atoms with Crippen molar-refractivity contribution >= 4 is 28.9 Å². The number of thiazole rings is 1. The van der Waals surface area contributed by atoms with Gasteiger partial charge in [0.1, 0.15) is 11.6 Å². The Morgan fingerprint density at radius 3 is 2.62 bits per heavy atom. The van der Waals surface area contributed by atoms with Crippen molar-refractivity contribution in [3.05, 3.63) is 69.7 Å². The zero-order valence-corrected chi connectivity index (χ0v) is 17.7. The van der Waals surface area contributed by atoms with Gasteiger partial charge in [-0.1, -0.05) is 11.6 Å². The Bertz CT molecular complexity index is 1180. The maximum Gasteiger partial charge on any atom is 0.338 e. The minimum atomic E-state index is -0.404. The van der Waals surface area contributed by atoms with E-state index in [4.69, 9.17) is 16.3 Å². The molecule has 0 N–H and O–H groups in total. The molecular formula is C20H18ClN5O2S. The molecule has 0 spiro atoms. The third-order valence-electron chi connectivity index (χ3n) is 4.41. The number of nitrogens with zero attached hydrogens (tertiary/aromatic N) is 5. The summed E-state index contributed by atoms with van der Waals surface area (Å²) < 4.78 is 8.88. The van der Waals surface area contributed by atoms with E-state index in [2.05, 4.69) is 15.2 Å². The number of rotatable bonds is 5. The molecule has 0 unspecified atom stereocenters. The number of aromatic nitrogens is 5. The molecule has 29 heavy (non-hydrogen) atoms. The predicted octanol–water partition coefficient (Wildman–Crippen LogP) is 4.36. The Hall–Kier alpha value is -2.97. The van der Waals surface area contributed by atoms with Crippen LogP contribution in [0.25, 0.3) is 16.3 Å². The summed E-state index contributed by atoms with van der Waals surface area (Å²) in [5.74, 6) is -0.404. The fraction of sp³-hybridized carbons (Fsp3) is 0.200. The minimum absolute atomic E-state index is 0.115. The largest absolute Gasteiger partial charge is 0.456 e. The van der Waals surface area contributed by atoms with Crippen LogP contribution in [0.1, 0.15) is 27.4 Å².